The van der Waals surface area contributed by atoms with Gasteiger partial charge in [-0.05, 0) is 46.3 Å². The Kier molecular flexibility index (Phi) is 5.32. The van der Waals surface area contributed by atoms with Crippen molar-refractivity contribution >= 4 is 34.7 Å². The van der Waals surface area contributed by atoms with Crippen molar-refractivity contribution in [2.75, 3.05) is 6.54 Å². The summed E-state index contributed by atoms with van der Waals surface area (Å²) in [5.41, 5.74) is 1.03. The van der Waals surface area contributed by atoms with Crippen LogP contribution in [0.25, 0.3) is 6.08 Å². The molecule has 2 N–H and O–H groups in total. The minimum atomic E-state index is -0.499. The first-order valence-corrected chi connectivity index (χ1v) is 7.77. The summed E-state index contributed by atoms with van der Waals surface area (Å²) in [6.45, 7) is 0.464. The average Bonchev–Trinajstić information content (AvgIpc) is 3.09. The third kappa shape index (κ3) is 4.63. The number of carbonyl (C=O) groups excluding carboxylic acids is 1. The SMILES string of the molecule is O=C(/C=C/c1ccsc1)NCCC(O)c1cccs1. The van der Waals surface area contributed by atoms with Crippen LogP contribution in [-0.4, -0.2) is 17.6 Å². The Morgan fingerprint density at radius 1 is 1.42 bits per heavy atom. The van der Waals surface area contributed by atoms with Crippen LogP contribution in [0.4, 0.5) is 0 Å². The van der Waals surface area contributed by atoms with Crippen molar-refractivity contribution in [1.82, 2.24) is 5.32 Å². The molecule has 0 bridgehead atoms. The molecule has 0 aliphatic rings. The topological polar surface area (TPSA) is 49.3 Å². The number of thiophene rings is 2. The second-order valence-electron chi connectivity index (χ2n) is 4.00. The first kappa shape index (κ1) is 14.0. The molecule has 0 aliphatic carbocycles. The van der Waals surface area contributed by atoms with Gasteiger partial charge >= 0.3 is 0 Å². The zero-order chi connectivity index (χ0) is 13.5. The van der Waals surface area contributed by atoms with Crippen molar-refractivity contribution in [2.45, 2.75) is 12.5 Å². The number of hydrogen-bond donors (Lipinski definition) is 2. The molecule has 5 heteroatoms. The largest absolute Gasteiger partial charge is 0.388 e. The fourth-order valence-corrected chi connectivity index (χ4v) is 2.93. The molecule has 0 aromatic carbocycles. The maximum absolute atomic E-state index is 11.5. The molecule has 0 radical (unpaired) electrons. The summed E-state index contributed by atoms with van der Waals surface area (Å²) in [7, 11) is 0. The van der Waals surface area contributed by atoms with E-state index in [1.165, 1.54) is 17.4 Å². The molecule has 0 spiro atoms. The van der Waals surface area contributed by atoms with Crippen LogP contribution in [0.2, 0.25) is 0 Å². The van der Waals surface area contributed by atoms with Gasteiger partial charge in [0, 0.05) is 17.5 Å². The number of amides is 1. The van der Waals surface area contributed by atoms with E-state index < -0.39 is 6.10 Å². The number of nitrogens with one attached hydrogen (secondary N) is 1. The van der Waals surface area contributed by atoms with Gasteiger partial charge in [-0.1, -0.05) is 6.07 Å². The highest BCUT2D eigenvalue weighted by molar-refractivity contribution is 7.10. The van der Waals surface area contributed by atoms with Crippen molar-refractivity contribution < 1.29 is 9.90 Å². The van der Waals surface area contributed by atoms with Crippen LogP contribution in [-0.2, 0) is 4.79 Å². The van der Waals surface area contributed by atoms with Crippen LogP contribution in [0, 0.1) is 0 Å². The molecule has 1 unspecified atom stereocenters. The number of hydrogen-bond acceptors (Lipinski definition) is 4. The first-order valence-electron chi connectivity index (χ1n) is 5.95. The minimum Gasteiger partial charge on any atom is -0.388 e. The van der Waals surface area contributed by atoms with Crippen molar-refractivity contribution in [2.24, 2.45) is 0 Å². The van der Waals surface area contributed by atoms with Crippen molar-refractivity contribution in [3.05, 3.63) is 50.9 Å². The van der Waals surface area contributed by atoms with E-state index in [4.69, 9.17) is 0 Å². The van der Waals surface area contributed by atoms with Gasteiger partial charge in [0.25, 0.3) is 0 Å². The van der Waals surface area contributed by atoms with Gasteiger partial charge in [0.2, 0.25) is 5.91 Å². The zero-order valence-corrected chi connectivity index (χ0v) is 11.9. The normalized spacial score (nSPS) is 12.7. The lowest BCUT2D eigenvalue weighted by atomic mass is 10.2. The first-order chi connectivity index (χ1) is 9.25. The molecule has 1 amide bonds. The van der Waals surface area contributed by atoms with E-state index in [1.807, 2.05) is 34.3 Å². The third-order valence-electron chi connectivity index (χ3n) is 2.56. The van der Waals surface area contributed by atoms with Crippen molar-refractivity contribution in [3.63, 3.8) is 0 Å². The summed E-state index contributed by atoms with van der Waals surface area (Å²) in [5, 5.41) is 18.5. The number of carbonyl (C=O) groups is 1. The predicted molar refractivity (Wildman–Crippen MR) is 80.3 cm³/mol. The summed E-state index contributed by atoms with van der Waals surface area (Å²) >= 11 is 3.12. The molecule has 100 valence electrons. The molecule has 0 saturated heterocycles. The van der Waals surface area contributed by atoms with E-state index in [0.29, 0.717) is 13.0 Å². The molecular weight excluding hydrogens is 278 g/mol. The van der Waals surface area contributed by atoms with E-state index in [2.05, 4.69) is 5.32 Å². The molecule has 2 aromatic heterocycles. The quantitative estimate of drug-likeness (QED) is 0.804. The van der Waals surface area contributed by atoms with Gasteiger partial charge in [0.05, 0.1) is 6.10 Å². The van der Waals surface area contributed by atoms with Crippen LogP contribution in [0.1, 0.15) is 23.0 Å². The number of aliphatic hydroxyl groups is 1. The number of aliphatic hydroxyl groups excluding tert-OH is 1. The van der Waals surface area contributed by atoms with Gasteiger partial charge in [-0.25, -0.2) is 0 Å². The summed E-state index contributed by atoms with van der Waals surface area (Å²) in [5.74, 6) is -0.135. The minimum absolute atomic E-state index is 0.135. The van der Waals surface area contributed by atoms with E-state index in [0.717, 1.165) is 10.4 Å². The maximum Gasteiger partial charge on any atom is 0.244 e. The average molecular weight is 293 g/mol. The monoisotopic (exact) mass is 293 g/mol. The Morgan fingerprint density at radius 2 is 2.32 bits per heavy atom. The molecule has 2 aromatic rings. The summed E-state index contributed by atoms with van der Waals surface area (Å²) < 4.78 is 0. The lowest BCUT2D eigenvalue weighted by molar-refractivity contribution is -0.116. The molecular formula is C14H15NO2S2. The van der Waals surface area contributed by atoms with Gasteiger partial charge in [-0.15, -0.1) is 11.3 Å². The van der Waals surface area contributed by atoms with Crippen LogP contribution in [0.3, 0.4) is 0 Å². The molecule has 19 heavy (non-hydrogen) atoms. The smallest absolute Gasteiger partial charge is 0.244 e. The van der Waals surface area contributed by atoms with Crippen molar-refractivity contribution in [1.29, 1.82) is 0 Å². The fourth-order valence-electron chi connectivity index (χ4n) is 1.56. The van der Waals surface area contributed by atoms with Crippen molar-refractivity contribution in [3.8, 4) is 0 Å². The fraction of sp³-hybridized carbons (Fsp3) is 0.214. The summed E-state index contributed by atoms with van der Waals surface area (Å²) in [4.78, 5) is 12.5. The molecule has 1 atom stereocenters. The van der Waals surface area contributed by atoms with E-state index in [-0.39, 0.29) is 5.91 Å². The van der Waals surface area contributed by atoms with E-state index in [9.17, 15) is 9.90 Å². The van der Waals surface area contributed by atoms with E-state index in [1.54, 1.807) is 17.4 Å². The highest BCUT2D eigenvalue weighted by atomic mass is 32.1. The Labute approximate surface area is 120 Å². The van der Waals surface area contributed by atoms with Gasteiger partial charge in [-0.3, -0.25) is 4.79 Å². The summed E-state index contributed by atoms with van der Waals surface area (Å²) in [6.07, 6.45) is 3.32. The lowest BCUT2D eigenvalue weighted by Gasteiger charge is -2.08. The van der Waals surface area contributed by atoms with Gasteiger partial charge in [0.15, 0.2) is 0 Å². The van der Waals surface area contributed by atoms with Gasteiger partial charge in [-0.2, -0.15) is 11.3 Å². The van der Waals surface area contributed by atoms with Gasteiger partial charge in [0.1, 0.15) is 0 Å². The highest BCUT2D eigenvalue weighted by Gasteiger charge is 2.08. The van der Waals surface area contributed by atoms with E-state index >= 15 is 0 Å². The Morgan fingerprint density at radius 3 is 3.00 bits per heavy atom. The summed E-state index contributed by atoms with van der Waals surface area (Å²) in [6, 6.07) is 5.76. The lowest BCUT2D eigenvalue weighted by Crippen LogP contribution is -2.23. The molecule has 3 nitrogen and oxygen atoms in total. The third-order valence-corrected chi connectivity index (χ3v) is 4.23. The Bertz CT molecular complexity index is 518. The number of rotatable bonds is 6. The molecule has 0 fully saturated rings. The maximum atomic E-state index is 11.5. The second-order valence-corrected chi connectivity index (χ2v) is 5.76. The molecule has 2 rings (SSSR count). The van der Waals surface area contributed by atoms with Crippen LogP contribution >= 0.6 is 22.7 Å². The molecule has 0 aliphatic heterocycles. The zero-order valence-electron chi connectivity index (χ0n) is 10.3. The van der Waals surface area contributed by atoms with Crippen LogP contribution < -0.4 is 5.32 Å². The molecule has 0 saturated carbocycles. The Balaban J connectivity index is 1.69. The predicted octanol–water partition coefficient (Wildman–Crippen LogP) is 3.06. The Hall–Kier alpha value is -1.43. The second kappa shape index (κ2) is 7.23. The molecule has 2 heterocycles. The van der Waals surface area contributed by atoms with Crippen LogP contribution in [0.15, 0.2) is 40.4 Å². The highest BCUT2D eigenvalue weighted by Crippen LogP contribution is 2.20. The van der Waals surface area contributed by atoms with Crippen LogP contribution in [0.5, 0.6) is 0 Å². The standard InChI is InChI=1S/C14H15NO2S2/c16-12(13-2-1-8-19-13)5-7-15-14(17)4-3-11-6-9-18-10-11/h1-4,6,8-10,12,16H,5,7H2,(H,15,17)/b4-3+. The van der Waals surface area contributed by atoms with Gasteiger partial charge < -0.3 is 10.4 Å².